The largest absolute Gasteiger partial charge is 0.358 e. The third-order valence-corrected chi connectivity index (χ3v) is 10.4. The van der Waals surface area contributed by atoms with E-state index in [4.69, 9.17) is 5.26 Å². The molecule has 2 unspecified atom stereocenters. The predicted octanol–water partition coefficient (Wildman–Crippen LogP) is 3.60. The molecule has 4 heterocycles. The Kier molecular flexibility index (Phi) is 6.53. The normalized spacial score (nSPS) is 19.4. The Morgan fingerprint density at radius 1 is 1.02 bits per heavy atom. The van der Waals surface area contributed by atoms with Gasteiger partial charge in [0, 0.05) is 49.9 Å². The molecule has 1 fully saturated rings. The standard InChI is InChI=1S/C28H28N6O4S2/c1-39(35,36)22-10-8-20(9-11-22)27-31-25-18-30-28-24(13-17-33(28)40(37,38)23-6-3-2-4-7-23)26(25)34(27)21-12-16-32(19-21)15-5-14-29/h2-4,6-11,13,17-18,21,27,31H,5,12,15-16,19H2,1H3. The average Bonchev–Trinajstić information content (AvgIpc) is 3.68. The van der Waals surface area contributed by atoms with Crippen LogP contribution in [0.15, 0.2) is 82.8 Å². The molecule has 0 aliphatic carbocycles. The Hall–Kier alpha value is -3.92. The molecule has 0 radical (unpaired) electrons. The number of nitrogens with one attached hydrogen (secondary N) is 1. The quantitative estimate of drug-likeness (QED) is 0.351. The molecule has 12 heteroatoms. The molecule has 0 amide bonds. The molecule has 0 bridgehead atoms. The van der Waals surface area contributed by atoms with Crippen molar-refractivity contribution in [1.29, 1.82) is 5.26 Å². The first-order valence-corrected chi connectivity index (χ1v) is 16.3. The molecular formula is C28H28N6O4S2. The second-order valence-electron chi connectivity index (χ2n) is 10.1. The first-order chi connectivity index (χ1) is 19.2. The van der Waals surface area contributed by atoms with Gasteiger partial charge in [-0.1, -0.05) is 30.3 Å². The number of fused-ring (bicyclic) bond motifs is 3. The van der Waals surface area contributed by atoms with Gasteiger partial charge in [0.15, 0.2) is 15.5 Å². The lowest BCUT2D eigenvalue weighted by molar-refractivity contribution is 0.339. The van der Waals surface area contributed by atoms with Crippen LogP contribution in [0.4, 0.5) is 11.4 Å². The molecule has 2 aromatic carbocycles. The number of hydrogen-bond acceptors (Lipinski definition) is 9. The summed E-state index contributed by atoms with van der Waals surface area (Å²) < 4.78 is 52.3. The summed E-state index contributed by atoms with van der Waals surface area (Å²) in [6, 6.07) is 19.2. The Labute approximate surface area is 233 Å². The lowest BCUT2D eigenvalue weighted by Crippen LogP contribution is -2.40. The Morgan fingerprint density at radius 3 is 2.48 bits per heavy atom. The van der Waals surface area contributed by atoms with Crippen molar-refractivity contribution in [2.75, 3.05) is 36.1 Å². The zero-order chi connectivity index (χ0) is 28.1. The van der Waals surface area contributed by atoms with E-state index >= 15 is 0 Å². The fourth-order valence-corrected chi connectivity index (χ4v) is 7.62. The van der Waals surface area contributed by atoms with E-state index < -0.39 is 19.9 Å². The molecule has 2 aliphatic rings. The zero-order valence-electron chi connectivity index (χ0n) is 21.8. The van der Waals surface area contributed by atoms with Crippen LogP contribution in [0.3, 0.4) is 0 Å². The molecule has 6 rings (SSSR count). The van der Waals surface area contributed by atoms with Crippen LogP contribution in [0.25, 0.3) is 11.0 Å². The molecular weight excluding hydrogens is 548 g/mol. The Bertz CT molecular complexity index is 1830. The average molecular weight is 577 g/mol. The van der Waals surface area contributed by atoms with Gasteiger partial charge in [0.2, 0.25) is 0 Å². The van der Waals surface area contributed by atoms with E-state index in [-0.39, 0.29) is 22.0 Å². The molecule has 2 aliphatic heterocycles. The molecule has 2 atom stereocenters. The molecule has 1 saturated heterocycles. The summed E-state index contributed by atoms with van der Waals surface area (Å²) in [5.41, 5.74) is 2.84. The van der Waals surface area contributed by atoms with Gasteiger partial charge < -0.3 is 15.1 Å². The maximum atomic E-state index is 13.5. The van der Waals surface area contributed by atoms with Crippen LogP contribution in [-0.2, 0) is 19.9 Å². The minimum atomic E-state index is -3.86. The van der Waals surface area contributed by atoms with Crippen molar-refractivity contribution in [1.82, 2.24) is 13.9 Å². The summed E-state index contributed by atoms with van der Waals surface area (Å²) in [4.78, 5) is 9.51. The number of likely N-dealkylation sites (tertiary alicyclic amines) is 1. The van der Waals surface area contributed by atoms with E-state index in [0.717, 1.165) is 36.4 Å². The number of sulfone groups is 1. The van der Waals surface area contributed by atoms with Crippen molar-refractivity contribution < 1.29 is 16.8 Å². The van der Waals surface area contributed by atoms with Gasteiger partial charge in [0.05, 0.1) is 33.4 Å². The number of nitriles is 1. The van der Waals surface area contributed by atoms with E-state index in [1.54, 1.807) is 60.9 Å². The summed E-state index contributed by atoms with van der Waals surface area (Å²) in [6.45, 7) is 2.27. The minimum absolute atomic E-state index is 0.0757. The molecule has 40 heavy (non-hydrogen) atoms. The van der Waals surface area contributed by atoms with Crippen LogP contribution >= 0.6 is 0 Å². The van der Waals surface area contributed by atoms with Crippen LogP contribution in [-0.4, -0.2) is 62.6 Å². The highest BCUT2D eigenvalue weighted by atomic mass is 32.2. The van der Waals surface area contributed by atoms with Crippen LogP contribution < -0.4 is 10.2 Å². The van der Waals surface area contributed by atoms with E-state index in [0.29, 0.717) is 24.0 Å². The Balaban J connectivity index is 1.45. The maximum absolute atomic E-state index is 13.5. The SMILES string of the molecule is CS(=O)(=O)c1ccc(C2Nc3cnc4c(ccn4S(=O)(=O)c4ccccc4)c3N2C2CCN(CCC#N)C2)cc1. The van der Waals surface area contributed by atoms with Gasteiger partial charge in [0.25, 0.3) is 10.0 Å². The number of anilines is 2. The fraction of sp³-hybridized carbons (Fsp3) is 0.286. The summed E-state index contributed by atoms with van der Waals surface area (Å²) in [7, 11) is -7.20. The molecule has 2 aromatic heterocycles. The molecule has 0 spiro atoms. The molecule has 0 saturated carbocycles. The van der Waals surface area contributed by atoms with Crippen molar-refractivity contribution in [3.8, 4) is 6.07 Å². The predicted molar refractivity (Wildman–Crippen MR) is 152 cm³/mol. The highest BCUT2D eigenvalue weighted by Gasteiger charge is 2.40. The van der Waals surface area contributed by atoms with Crippen molar-refractivity contribution >= 4 is 42.3 Å². The number of nitrogens with zero attached hydrogens (tertiary/aromatic N) is 5. The number of aromatic nitrogens is 2. The van der Waals surface area contributed by atoms with Crippen LogP contribution in [0, 0.1) is 11.3 Å². The number of pyridine rings is 1. The van der Waals surface area contributed by atoms with Crippen molar-refractivity contribution in [3.05, 3.63) is 78.6 Å². The second-order valence-corrected chi connectivity index (χ2v) is 14.0. The summed E-state index contributed by atoms with van der Waals surface area (Å²) in [5.74, 6) is 0. The second kappa shape index (κ2) is 9.92. The van der Waals surface area contributed by atoms with Gasteiger partial charge in [-0.15, -0.1) is 0 Å². The highest BCUT2D eigenvalue weighted by Crippen LogP contribution is 2.47. The van der Waals surface area contributed by atoms with Gasteiger partial charge in [-0.3, -0.25) is 0 Å². The lowest BCUT2D eigenvalue weighted by Gasteiger charge is -2.33. The maximum Gasteiger partial charge on any atom is 0.269 e. The van der Waals surface area contributed by atoms with E-state index in [9.17, 15) is 16.8 Å². The van der Waals surface area contributed by atoms with Crippen molar-refractivity contribution in [2.24, 2.45) is 0 Å². The van der Waals surface area contributed by atoms with Crippen LogP contribution in [0.1, 0.15) is 24.6 Å². The number of benzene rings is 2. The molecule has 206 valence electrons. The molecule has 1 N–H and O–H groups in total. The fourth-order valence-electron chi connectivity index (χ4n) is 5.66. The first-order valence-electron chi connectivity index (χ1n) is 12.9. The minimum Gasteiger partial charge on any atom is -0.358 e. The van der Waals surface area contributed by atoms with E-state index in [1.165, 1.54) is 10.2 Å². The smallest absolute Gasteiger partial charge is 0.269 e. The number of hydrogen-bond donors (Lipinski definition) is 1. The van der Waals surface area contributed by atoms with Crippen molar-refractivity contribution in [2.45, 2.75) is 34.8 Å². The monoisotopic (exact) mass is 576 g/mol. The van der Waals surface area contributed by atoms with E-state index in [1.807, 2.05) is 12.1 Å². The Morgan fingerprint density at radius 2 is 1.77 bits per heavy atom. The third-order valence-electron chi connectivity index (χ3n) is 7.59. The summed E-state index contributed by atoms with van der Waals surface area (Å²) in [5, 5.41) is 13.3. The van der Waals surface area contributed by atoms with Gasteiger partial charge in [-0.2, -0.15) is 5.26 Å². The van der Waals surface area contributed by atoms with Crippen LogP contribution in [0.2, 0.25) is 0 Å². The topological polar surface area (TPSA) is 128 Å². The summed E-state index contributed by atoms with van der Waals surface area (Å²) >= 11 is 0. The van der Waals surface area contributed by atoms with Gasteiger partial charge in [0.1, 0.15) is 6.17 Å². The van der Waals surface area contributed by atoms with Gasteiger partial charge >= 0.3 is 0 Å². The zero-order valence-corrected chi connectivity index (χ0v) is 23.4. The lowest BCUT2D eigenvalue weighted by atomic mass is 10.1. The van der Waals surface area contributed by atoms with E-state index in [2.05, 4.69) is 26.2 Å². The number of rotatable bonds is 7. The van der Waals surface area contributed by atoms with Crippen molar-refractivity contribution in [3.63, 3.8) is 0 Å². The van der Waals surface area contributed by atoms with Crippen LogP contribution in [0.5, 0.6) is 0 Å². The third kappa shape index (κ3) is 4.50. The molecule has 4 aromatic rings. The first kappa shape index (κ1) is 26.3. The van der Waals surface area contributed by atoms with Gasteiger partial charge in [-0.05, 0) is 42.3 Å². The van der Waals surface area contributed by atoms with Gasteiger partial charge in [-0.25, -0.2) is 25.8 Å². The molecule has 10 nitrogen and oxygen atoms in total. The highest BCUT2D eigenvalue weighted by molar-refractivity contribution is 7.90. The summed E-state index contributed by atoms with van der Waals surface area (Å²) in [6.07, 6.45) is 5.38.